The predicted octanol–water partition coefficient (Wildman–Crippen LogP) is 2.63. The van der Waals surface area contributed by atoms with E-state index in [4.69, 9.17) is 5.73 Å². The number of pyridine rings is 1. The SMILES string of the molecule is Cc1cn(N=Cc2ccc(-c3ncccc3[N+](=O)[O-])cc2)c(N)n1. The van der Waals surface area contributed by atoms with Gasteiger partial charge < -0.3 is 5.73 Å². The minimum Gasteiger partial charge on any atom is -0.368 e. The van der Waals surface area contributed by atoms with E-state index in [1.54, 1.807) is 42.7 Å². The molecule has 2 N–H and O–H groups in total. The lowest BCUT2D eigenvalue weighted by Crippen LogP contribution is -1.97. The molecule has 3 rings (SSSR count). The summed E-state index contributed by atoms with van der Waals surface area (Å²) < 4.78 is 1.48. The van der Waals surface area contributed by atoms with Crippen molar-refractivity contribution < 1.29 is 4.92 Å². The normalized spacial score (nSPS) is 11.0. The zero-order valence-corrected chi connectivity index (χ0v) is 12.8. The van der Waals surface area contributed by atoms with Crippen molar-refractivity contribution in [3.63, 3.8) is 0 Å². The summed E-state index contributed by atoms with van der Waals surface area (Å²) in [6, 6.07) is 10.1. The summed E-state index contributed by atoms with van der Waals surface area (Å²) in [7, 11) is 0. The maximum atomic E-state index is 11.1. The van der Waals surface area contributed by atoms with Crippen LogP contribution in [0, 0.1) is 17.0 Å². The van der Waals surface area contributed by atoms with E-state index in [9.17, 15) is 10.1 Å². The van der Waals surface area contributed by atoms with E-state index in [0.717, 1.165) is 11.3 Å². The van der Waals surface area contributed by atoms with E-state index in [2.05, 4.69) is 15.1 Å². The molecule has 0 amide bonds. The third-order valence-electron chi connectivity index (χ3n) is 3.33. The van der Waals surface area contributed by atoms with Crippen LogP contribution in [-0.4, -0.2) is 25.8 Å². The topological polar surface area (TPSA) is 112 Å². The summed E-state index contributed by atoms with van der Waals surface area (Å²) in [6.45, 7) is 1.83. The van der Waals surface area contributed by atoms with Gasteiger partial charge in [-0.3, -0.25) is 10.1 Å². The molecule has 2 aromatic heterocycles. The van der Waals surface area contributed by atoms with Crippen molar-refractivity contribution in [2.75, 3.05) is 5.73 Å². The number of nitrogens with zero attached hydrogens (tertiary/aromatic N) is 5. The van der Waals surface area contributed by atoms with Crippen molar-refractivity contribution in [2.45, 2.75) is 6.92 Å². The minimum atomic E-state index is -0.443. The molecular weight excluding hydrogens is 308 g/mol. The first-order valence-electron chi connectivity index (χ1n) is 7.10. The van der Waals surface area contributed by atoms with E-state index in [-0.39, 0.29) is 5.69 Å². The average molecular weight is 322 g/mol. The monoisotopic (exact) mass is 322 g/mol. The van der Waals surface area contributed by atoms with Crippen molar-refractivity contribution in [1.82, 2.24) is 14.6 Å². The van der Waals surface area contributed by atoms with E-state index in [1.165, 1.54) is 16.9 Å². The van der Waals surface area contributed by atoms with Gasteiger partial charge in [0.2, 0.25) is 5.95 Å². The number of nitrogen functional groups attached to an aromatic ring is 1. The lowest BCUT2D eigenvalue weighted by Gasteiger charge is -2.02. The van der Waals surface area contributed by atoms with Crippen molar-refractivity contribution >= 4 is 17.9 Å². The Morgan fingerprint density at radius 3 is 2.67 bits per heavy atom. The highest BCUT2D eigenvalue weighted by molar-refractivity contribution is 5.81. The molecule has 0 bridgehead atoms. The Hall–Kier alpha value is -3.55. The van der Waals surface area contributed by atoms with Crippen molar-refractivity contribution in [3.8, 4) is 11.3 Å². The van der Waals surface area contributed by atoms with Gasteiger partial charge in [0.25, 0.3) is 5.69 Å². The maximum absolute atomic E-state index is 11.1. The summed E-state index contributed by atoms with van der Waals surface area (Å²) in [5.41, 5.74) is 8.29. The van der Waals surface area contributed by atoms with E-state index < -0.39 is 4.92 Å². The number of benzene rings is 1. The van der Waals surface area contributed by atoms with Crippen molar-refractivity contribution in [1.29, 1.82) is 0 Å². The van der Waals surface area contributed by atoms with Crippen LogP contribution in [0.25, 0.3) is 11.3 Å². The Bertz CT molecular complexity index is 915. The van der Waals surface area contributed by atoms with Crippen LogP contribution < -0.4 is 5.73 Å². The van der Waals surface area contributed by atoms with Crippen LogP contribution >= 0.6 is 0 Å². The zero-order valence-electron chi connectivity index (χ0n) is 12.8. The van der Waals surface area contributed by atoms with E-state index in [0.29, 0.717) is 17.2 Å². The van der Waals surface area contributed by atoms with Crippen LogP contribution in [0.2, 0.25) is 0 Å². The number of rotatable bonds is 4. The van der Waals surface area contributed by atoms with Crippen LogP contribution in [0.3, 0.4) is 0 Å². The highest BCUT2D eigenvalue weighted by atomic mass is 16.6. The molecule has 24 heavy (non-hydrogen) atoms. The molecule has 0 spiro atoms. The second-order valence-electron chi connectivity index (χ2n) is 5.08. The Labute approximate surface area is 137 Å². The molecule has 0 unspecified atom stereocenters. The molecule has 0 radical (unpaired) electrons. The number of aromatic nitrogens is 3. The highest BCUT2D eigenvalue weighted by Crippen LogP contribution is 2.26. The second kappa shape index (κ2) is 6.29. The number of aryl methyl sites for hydroxylation is 1. The largest absolute Gasteiger partial charge is 0.368 e. The first kappa shape index (κ1) is 15.3. The predicted molar refractivity (Wildman–Crippen MR) is 90.7 cm³/mol. The molecule has 0 saturated heterocycles. The van der Waals surface area contributed by atoms with Gasteiger partial charge in [0.1, 0.15) is 5.69 Å². The molecular formula is C16H14N6O2. The lowest BCUT2D eigenvalue weighted by atomic mass is 10.1. The van der Waals surface area contributed by atoms with Crippen molar-refractivity contribution in [3.05, 3.63) is 70.2 Å². The first-order chi connectivity index (χ1) is 11.5. The van der Waals surface area contributed by atoms with Gasteiger partial charge in [0, 0.05) is 17.8 Å². The summed E-state index contributed by atoms with van der Waals surface area (Å²) >= 11 is 0. The summed E-state index contributed by atoms with van der Waals surface area (Å²) in [6.07, 6.45) is 4.88. The summed E-state index contributed by atoms with van der Waals surface area (Å²) in [5, 5.41) is 15.3. The van der Waals surface area contributed by atoms with Gasteiger partial charge in [-0.25, -0.2) is 14.6 Å². The Morgan fingerprint density at radius 1 is 1.29 bits per heavy atom. The number of anilines is 1. The standard InChI is InChI=1S/C16H14N6O2/c1-11-10-21(16(17)20-11)19-9-12-4-6-13(7-5-12)15-14(22(23)24)3-2-8-18-15/h2-10H,1H3,(H2,17,20). The zero-order chi connectivity index (χ0) is 17.1. The minimum absolute atomic E-state index is 0.0272. The molecule has 8 heteroatoms. The van der Waals surface area contributed by atoms with E-state index >= 15 is 0 Å². The quantitative estimate of drug-likeness (QED) is 0.451. The average Bonchev–Trinajstić information content (AvgIpc) is 2.91. The Balaban J connectivity index is 1.86. The lowest BCUT2D eigenvalue weighted by molar-refractivity contribution is -0.384. The van der Waals surface area contributed by atoms with Gasteiger partial charge in [-0.1, -0.05) is 24.3 Å². The van der Waals surface area contributed by atoms with Crippen LogP contribution in [-0.2, 0) is 0 Å². The first-order valence-corrected chi connectivity index (χ1v) is 7.10. The van der Waals surface area contributed by atoms with Crippen LogP contribution in [0.4, 0.5) is 11.6 Å². The molecule has 0 aliphatic heterocycles. The highest BCUT2D eigenvalue weighted by Gasteiger charge is 2.15. The smallest absolute Gasteiger partial charge is 0.295 e. The molecule has 0 atom stereocenters. The third-order valence-corrected chi connectivity index (χ3v) is 3.33. The molecule has 0 aliphatic rings. The number of nitro groups is 1. The van der Waals surface area contributed by atoms with Gasteiger partial charge in [0.05, 0.1) is 23.0 Å². The van der Waals surface area contributed by atoms with Gasteiger partial charge in [-0.15, -0.1) is 0 Å². The van der Waals surface area contributed by atoms with Gasteiger partial charge in [0.15, 0.2) is 0 Å². The fourth-order valence-corrected chi connectivity index (χ4v) is 2.22. The number of nitrogens with two attached hydrogens (primary N) is 1. The fourth-order valence-electron chi connectivity index (χ4n) is 2.22. The van der Waals surface area contributed by atoms with Crippen molar-refractivity contribution in [2.24, 2.45) is 5.10 Å². The molecule has 3 aromatic rings. The fraction of sp³-hybridized carbons (Fsp3) is 0.0625. The number of hydrogen-bond donors (Lipinski definition) is 1. The van der Waals surface area contributed by atoms with Crippen LogP contribution in [0.15, 0.2) is 53.9 Å². The van der Waals surface area contributed by atoms with Gasteiger partial charge >= 0.3 is 0 Å². The maximum Gasteiger partial charge on any atom is 0.295 e. The Morgan fingerprint density at radius 2 is 2.04 bits per heavy atom. The number of hydrogen-bond acceptors (Lipinski definition) is 6. The molecule has 8 nitrogen and oxygen atoms in total. The second-order valence-corrected chi connectivity index (χ2v) is 5.08. The molecule has 2 heterocycles. The molecule has 0 aliphatic carbocycles. The summed E-state index contributed by atoms with van der Waals surface area (Å²) in [4.78, 5) is 18.8. The Kier molecular flexibility index (Phi) is 4.02. The molecule has 1 aromatic carbocycles. The molecule has 120 valence electrons. The number of imidazole rings is 1. The van der Waals surface area contributed by atoms with Crippen LogP contribution in [0.1, 0.15) is 11.3 Å². The van der Waals surface area contributed by atoms with Gasteiger partial charge in [-0.05, 0) is 18.6 Å². The molecule has 0 fully saturated rings. The van der Waals surface area contributed by atoms with Crippen LogP contribution in [0.5, 0.6) is 0 Å². The third kappa shape index (κ3) is 3.12. The summed E-state index contributed by atoms with van der Waals surface area (Å²) in [5.74, 6) is 0.310. The van der Waals surface area contributed by atoms with Gasteiger partial charge in [-0.2, -0.15) is 5.10 Å². The van der Waals surface area contributed by atoms with E-state index in [1.807, 2.05) is 6.92 Å². The molecule has 0 saturated carbocycles.